The summed E-state index contributed by atoms with van der Waals surface area (Å²) in [5.74, 6) is -1.43. The van der Waals surface area contributed by atoms with Gasteiger partial charge in [-0.3, -0.25) is 4.79 Å². The van der Waals surface area contributed by atoms with Gasteiger partial charge >= 0.3 is 11.9 Å². The molecule has 1 N–H and O–H groups in total. The van der Waals surface area contributed by atoms with Crippen molar-refractivity contribution in [2.45, 2.75) is 19.1 Å². The minimum absolute atomic E-state index is 0.108. The number of carbonyl (C=O) groups is 2. The number of hydrogen-bond acceptors (Lipinski definition) is 4. The minimum atomic E-state index is -1.27. The Kier molecular flexibility index (Phi) is 5.54. The minimum Gasteiger partial charge on any atom is -0.478 e. The third kappa shape index (κ3) is 4.94. The Morgan fingerprint density at radius 1 is 0.955 bits per heavy atom. The molecular formula is C17H16O5. The summed E-state index contributed by atoms with van der Waals surface area (Å²) in [7, 11) is 0. The van der Waals surface area contributed by atoms with Gasteiger partial charge in [0.15, 0.2) is 0 Å². The molecule has 0 aromatic heterocycles. The van der Waals surface area contributed by atoms with E-state index in [-0.39, 0.29) is 13.0 Å². The Labute approximate surface area is 128 Å². The lowest BCUT2D eigenvalue weighted by molar-refractivity contribution is -0.155. The van der Waals surface area contributed by atoms with Gasteiger partial charge in [-0.25, -0.2) is 4.79 Å². The number of carboxylic acids is 1. The molecule has 0 aliphatic heterocycles. The Morgan fingerprint density at radius 2 is 1.55 bits per heavy atom. The Morgan fingerprint density at radius 3 is 2.14 bits per heavy atom. The molecule has 2 aromatic carbocycles. The Balaban J connectivity index is 1.88. The van der Waals surface area contributed by atoms with Gasteiger partial charge in [0.1, 0.15) is 12.4 Å². The molecule has 1 unspecified atom stereocenters. The van der Waals surface area contributed by atoms with E-state index in [2.05, 4.69) is 0 Å². The predicted octanol–water partition coefficient (Wildman–Crippen LogP) is 2.65. The molecule has 1 atom stereocenters. The topological polar surface area (TPSA) is 72.8 Å². The zero-order chi connectivity index (χ0) is 15.8. The van der Waals surface area contributed by atoms with Crippen LogP contribution in [0.3, 0.4) is 0 Å². The van der Waals surface area contributed by atoms with Crippen LogP contribution in [-0.2, 0) is 20.9 Å². The van der Waals surface area contributed by atoms with Gasteiger partial charge < -0.3 is 14.6 Å². The molecule has 0 saturated heterocycles. The Hall–Kier alpha value is -2.82. The fourth-order valence-corrected chi connectivity index (χ4v) is 1.79. The lowest BCUT2D eigenvalue weighted by Crippen LogP contribution is -2.30. The highest BCUT2D eigenvalue weighted by molar-refractivity contribution is 5.80. The SMILES string of the molecule is O=C(CC(Oc1ccccc1)C(=O)O)OCc1ccccc1. The lowest BCUT2D eigenvalue weighted by Gasteiger charge is -2.14. The van der Waals surface area contributed by atoms with Gasteiger partial charge in [-0.2, -0.15) is 0 Å². The second kappa shape index (κ2) is 7.83. The van der Waals surface area contributed by atoms with Crippen molar-refractivity contribution in [2.75, 3.05) is 0 Å². The molecule has 0 fully saturated rings. The third-order valence-corrected chi connectivity index (χ3v) is 2.89. The highest BCUT2D eigenvalue weighted by Crippen LogP contribution is 2.13. The number of carboxylic acid groups (broad SMARTS) is 1. The number of carbonyl (C=O) groups excluding carboxylic acids is 1. The summed E-state index contributed by atoms with van der Waals surface area (Å²) < 4.78 is 10.4. The summed E-state index contributed by atoms with van der Waals surface area (Å²) in [6.07, 6.45) is -1.62. The molecule has 0 saturated carbocycles. The number of rotatable bonds is 7. The Bertz CT molecular complexity index is 609. The average Bonchev–Trinajstić information content (AvgIpc) is 2.54. The molecule has 22 heavy (non-hydrogen) atoms. The van der Waals surface area contributed by atoms with Crippen LogP contribution in [0.15, 0.2) is 60.7 Å². The number of esters is 1. The molecule has 0 amide bonds. The van der Waals surface area contributed by atoms with Gasteiger partial charge in [0.2, 0.25) is 6.10 Å². The van der Waals surface area contributed by atoms with Crippen molar-refractivity contribution in [1.29, 1.82) is 0 Å². The smallest absolute Gasteiger partial charge is 0.345 e. The van der Waals surface area contributed by atoms with Crippen LogP contribution in [0.25, 0.3) is 0 Å². The fraction of sp³-hybridized carbons (Fsp3) is 0.176. The first kappa shape index (κ1) is 15.6. The number of benzene rings is 2. The number of hydrogen-bond donors (Lipinski definition) is 1. The van der Waals surface area contributed by atoms with E-state index in [1.54, 1.807) is 30.3 Å². The van der Waals surface area contributed by atoms with E-state index in [9.17, 15) is 9.59 Å². The summed E-state index contributed by atoms with van der Waals surface area (Å²) in [6, 6.07) is 17.7. The molecule has 0 bridgehead atoms. The van der Waals surface area contributed by atoms with Gasteiger partial charge in [0.25, 0.3) is 0 Å². The van der Waals surface area contributed by atoms with Crippen LogP contribution in [0.1, 0.15) is 12.0 Å². The lowest BCUT2D eigenvalue weighted by atomic mass is 10.2. The van der Waals surface area contributed by atoms with Crippen molar-refractivity contribution in [2.24, 2.45) is 0 Å². The quantitative estimate of drug-likeness (QED) is 0.796. The molecule has 0 aliphatic rings. The second-order valence-electron chi connectivity index (χ2n) is 4.61. The molecule has 5 nitrogen and oxygen atoms in total. The van der Waals surface area contributed by atoms with Crippen molar-refractivity contribution in [1.82, 2.24) is 0 Å². The first-order valence-electron chi connectivity index (χ1n) is 6.79. The molecule has 5 heteroatoms. The first-order chi connectivity index (χ1) is 10.6. The summed E-state index contributed by atoms with van der Waals surface area (Å²) in [6.45, 7) is 0.108. The van der Waals surface area contributed by atoms with E-state index in [4.69, 9.17) is 14.6 Å². The van der Waals surface area contributed by atoms with Gasteiger partial charge in [-0.1, -0.05) is 48.5 Å². The molecule has 0 heterocycles. The number of para-hydroxylation sites is 1. The maximum atomic E-state index is 11.8. The van der Waals surface area contributed by atoms with Crippen molar-refractivity contribution in [3.8, 4) is 5.75 Å². The highest BCUT2D eigenvalue weighted by Gasteiger charge is 2.24. The van der Waals surface area contributed by atoms with Gasteiger partial charge in [0, 0.05) is 0 Å². The van der Waals surface area contributed by atoms with Crippen LogP contribution < -0.4 is 4.74 Å². The van der Waals surface area contributed by atoms with Crippen LogP contribution in [0, 0.1) is 0 Å². The highest BCUT2D eigenvalue weighted by atomic mass is 16.5. The van der Waals surface area contributed by atoms with Crippen LogP contribution >= 0.6 is 0 Å². The van der Waals surface area contributed by atoms with E-state index in [1.165, 1.54) is 0 Å². The molecule has 114 valence electrons. The number of aliphatic carboxylic acids is 1. The van der Waals surface area contributed by atoms with E-state index >= 15 is 0 Å². The molecule has 2 aromatic rings. The van der Waals surface area contributed by atoms with Crippen molar-refractivity contribution < 1.29 is 24.2 Å². The third-order valence-electron chi connectivity index (χ3n) is 2.89. The fourth-order valence-electron chi connectivity index (χ4n) is 1.79. The molecule has 2 rings (SSSR count). The molecule has 0 radical (unpaired) electrons. The maximum absolute atomic E-state index is 11.8. The van der Waals surface area contributed by atoms with Crippen molar-refractivity contribution >= 4 is 11.9 Å². The van der Waals surface area contributed by atoms with Crippen LogP contribution in [0.5, 0.6) is 5.75 Å². The van der Waals surface area contributed by atoms with Gasteiger partial charge in [-0.15, -0.1) is 0 Å². The predicted molar refractivity (Wildman–Crippen MR) is 79.3 cm³/mol. The molecule has 0 spiro atoms. The normalized spacial score (nSPS) is 11.5. The number of ether oxygens (including phenoxy) is 2. The van der Waals surface area contributed by atoms with Crippen molar-refractivity contribution in [3.05, 3.63) is 66.2 Å². The monoisotopic (exact) mass is 300 g/mol. The maximum Gasteiger partial charge on any atom is 0.345 e. The van der Waals surface area contributed by atoms with Gasteiger partial charge in [0.05, 0.1) is 6.42 Å². The van der Waals surface area contributed by atoms with E-state index in [0.717, 1.165) is 5.56 Å². The summed E-state index contributed by atoms with van der Waals surface area (Å²) in [5.41, 5.74) is 0.840. The van der Waals surface area contributed by atoms with Gasteiger partial charge in [-0.05, 0) is 17.7 Å². The second-order valence-corrected chi connectivity index (χ2v) is 4.61. The van der Waals surface area contributed by atoms with Crippen molar-refractivity contribution in [3.63, 3.8) is 0 Å². The molecular weight excluding hydrogens is 284 g/mol. The largest absolute Gasteiger partial charge is 0.478 e. The van der Waals surface area contributed by atoms with Crippen LogP contribution in [-0.4, -0.2) is 23.1 Å². The molecule has 0 aliphatic carbocycles. The van der Waals surface area contributed by atoms with Crippen LogP contribution in [0.2, 0.25) is 0 Å². The zero-order valence-electron chi connectivity index (χ0n) is 11.8. The van der Waals surface area contributed by atoms with E-state index < -0.39 is 18.0 Å². The average molecular weight is 300 g/mol. The standard InChI is InChI=1S/C17H16O5/c18-16(21-12-13-7-3-1-4-8-13)11-15(17(19)20)22-14-9-5-2-6-10-14/h1-10,15H,11-12H2,(H,19,20). The zero-order valence-corrected chi connectivity index (χ0v) is 11.8. The van der Waals surface area contributed by atoms with E-state index in [1.807, 2.05) is 30.3 Å². The summed E-state index contributed by atoms with van der Waals surface area (Å²) in [4.78, 5) is 22.9. The van der Waals surface area contributed by atoms with E-state index in [0.29, 0.717) is 5.75 Å². The van der Waals surface area contributed by atoms with Crippen LogP contribution in [0.4, 0.5) is 0 Å². The summed E-state index contributed by atoms with van der Waals surface area (Å²) in [5, 5.41) is 9.14. The summed E-state index contributed by atoms with van der Waals surface area (Å²) >= 11 is 0. The first-order valence-corrected chi connectivity index (χ1v) is 6.79.